The van der Waals surface area contributed by atoms with Crippen LogP contribution in [0.5, 0.6) is 0 Å². The minimum Gasteiger partial charge on any atom is -0.377 e. The molecule has 2 N–H and O–H groups in total. The van der Waals surface area contributed by atoms with Crippen LogP contribution in [0.4, 0.5) is 5.82 Å². The van der Waals surface area contributed by atoms with Crippen molar-refractivity contribution < 1.29 is 9.53 Å². The summed E-state index contributed by atoms with van der Waals surface area (Å²) in [5.74, 6) is 1.73. The number of anilines is 1. The van der Waals surface area contributed by atoms with Crippen molar-refractivity contribution in [2.45, 2.75) is 64.0 Å². The first-order chi connectivity index (χ1) is 13.1. The molecule has 0 saturated carbocycles. The van der Waals surface area contributed by atoms with Crippen molar-refractivity contribution in [1.29, 1.82) is 0 Å². The fourth-order valence-corrected chi connectivity index (χ4v) is 4.22. The molecule has 7 nitrogen and oxygen atoms in total. The van der Waals surface area contributed by atoms with E-state index in [9.17, 15) is 4.79 Å². The molecule has 3 aliphatic heterocycles. The fourth-order valence-electron chi connectivity index (χ4n) is 4.22. The number of ether oxygens (including phenoxy) is 1. The first-order valence-electron chi connectivity index (χ1n) is 10.4. The second kappa shape index (κ2) is 8.10. The number of carbonyl (C=O) groups excluding carboxylic acids is 1. The first kappa shape index (κ1) is 18.6. The SMILES string of the molecule is CC(C)c1nc(NC2CCN(CC3CCCO3)CC2)c2c(n1)C(=O)NCC2. The van der Waals surface area contributed by atoms with Crippen LogP contribution in [0.3, 0.4) is 0 Å². The van der Waals surface area contributed by atoms with Crippen LogP contribution in [0.15, 0.2) is 0 Å². The number of aromatic nitrogens is 2. The van der Waals surface area contributed by atoms with Crippen molar-refractivity contribution in [2.75, 3.05) is 38.1 Å². The van der Waals surface area contributed by atoms with Gasteiger partial charge in [-0.15, -0.1) is 0 Å². The van der Waals surface area contributed by atoms with Crippen molar-refractivity contribution >= 4 is 11.7 Å². The normalized spacial score (nSPS) is 24.1. The third kappa shape index (κ3) is 4.24. The number of carbonyl (C=O) groups is 1. The highest BCUT2D eigenvalue weighted by Gasteiger charge is 2.28. The third-order valence-electron chi connectivity index (χ3n) is 5.83. The van der Waals surface area contributed by atoms with Crippen LogP contribution in [0, 0.1) is 0 Å². The monoisotopic (exact) mass is 373 g/mol. The molecule has 4 heterocycles. The van der Waals surface area contributed by atoms with Crippen molar-refractivity contribution in [3.8, 4) is 0 Å². The molecule has 1 amide bonds. The van der Waals surface area contributed by atoms with E-state index in [1.54, 1.807) is 0 Å². The Bertz CT molecular complexity index is 679. The van der Waals surface area contributed by atoms with Crippen molar-refractivity contribution in [1.82, 2.24) is 20.2 Å². The van der Waals surface area contributed by atoms with Crippen LogP contribution >= 0.6 is 0 Å². The summed E-state index contributed by atoms with van der Waals surface area (Å²) >= 11 is 0. The smallest absolute Gasteiger partial charge is 0.270 e. The number of nitrogens with zero attached hydrogens (tertiary/aromatic N) is 3. The second-order valence-corrected chi connectivity index (χ2v) is 8.27. The van der Waals surface area contributed by atoms with Gasteiger partial charge in [0.2, 0.25) is 0 Å². The van der Waals surface area contributed by atoms with Gasteiger partial charge in [0, 0.05) is 50.3 Å². The van der Waals surface area contributed by atoms with Gasteiger partial charge >= 0.3 is 0 Å². The lowest BCUT2D eigenvalue weighted by molar-refractivity contribution is 0.0654. The van der Waals surface area contributed by atoms with E-state index >= 15 is 0 Å². The molecule has 1 aromatic rings. The molecule has 148 valence electrons. The lowest BCUT2D eigenvalue weighted by Gasteiger charge is -2.34. The van der Waals surface area contributed by atoms with Gasteiger partial charge < -0.3 is 20.3 Å². The van der Waals surface area contributed by atoms with Crippen LogP contribution in [-0.2, 0) is 11.2 Å². The van der Waals surface area contributed by atoms with Gasteiger partial charge in [0.15, 0.2) is 0 Å². The number of fused-ring (bicyclic) bond motifs is 1. The highest BCUT2D eigenvalue weighted by atomic mass is 16.5. The molecule has 3 aliphatic rings. The van der Waals surface area contributed by atoms with E-state index in [4.69, 9.17) is 9.72 Å². The molecule has 2 saturated heterocycles. The van der Waals surface area contributed by atoms with Crippen molar-refractivity contribution in [3.05, 3.63) is 17.1 Å². The van der Waals surface area contributed by atoms with Crippen LogP contribution < -0.4 is 10.6 Å². The van der Waals surface area contributed by atoms with Gasteiger partial charge in [0.25, 0.3) is 5.91 Å². The van der Waals surface area contributed by atoms with Crippen molar-refractivity contribution in [3.63, 3.8) is 0 Å². The van der Waals surface area contributed by atoms with Gasteiger partial charge in [0.05, 0.1) is 6.10 Å². The van der Waals surface area contributed by atoms with E-state index in [1.807, 2.05) is 0 Å². The Morgan fingerprint density at radius 1 is 1.26 bits per heavy atom. The number of hydrogen-bond acceptors (Lipinski definition) is 6. The van der Waals surface area contributed by atoms with E-state index in [-0.39, 0.29) is 11.8 Å². The number of piperidine rings is 1. The molecule has 7 heteroatoms. The molecule has 27 heavy (non-hydrogen) atoms. The molecule has 0 aromatic carbocycles. The maximum absolute atomic E-state index is 12.3. The summed E-state index contributed by atoms with van der Waals surface area (Å²) in [6, 6.07) is 0.398. The third-order valence-corrected chi connectivity index (χ3v) is 5.83. The highest BCUT2D eigenvalue weighted by molar-refractivity contribution is 5.96. The number of hydrogen-bond donors (Lipinski definition) is 2. The van der Waals surface area contributed by atoms with E-state index < -0.39 is 0 Å². The minimum atomic E-state index is -0.0741. The number of likely N-dealkylation sites (tertiary alicyclic amines) is 1. The Morgan fingerprint density at radius 3 is 2.78 bits per heavy atom. The molecule has 1 aromatic heterocycles. The van der Waals surface area contributed by atoms with Crippen LogP contribution in [-0.4, -0.2) is 65.7 Å². The predicted octanol–water partition coefficient (Wildman–Crippen LogP) is 1.94. The highest BCUT2D eigenvalue weighted by Crippen LogP contribution is 2.26. The van der Waals surface area contributed by atoms with E-state index in [2.05, 4.69) is 34.4 Å². The molecule has 1 unspecified atom stereocenters. The first-order valence-corrected chi connectivity index (χ1v) is 10.4. The zero-order valence-electron chi connectivity index (χ0n) is 16.5. The van der Waals surface area contributed by atoms with E-state index in [0.29, 0.717) is 24.4 Å². The number of amides is 1. The van der Waals surface area contributed by atoms with Gasteiger partial charge in [-0.1, -0.05) is 13.8 Å². The quantitative estimate of drug-likeness (QED) is 0.821. The molecular weight excluding hydrogens is 342 g/mol. The van der Waals surface area contributed by atoms with Gasteiger partial charge in [-0.05, 0) is 32.1 Å². The number of rotatable bonds is 5. The average Bonchev–Trinajstić information content (AvgIpc) is 3.17. The van der Waals surface area contributed by atoms with Crippen LogP contribution in [0.2, 0.25) is 0 Å². The predicted molar refractivity (Wildman–Crippen MR) is 104 cm³/mol. The second-order valence-electron chi connectivity index (χ2n) is 8.27. The molecule has 1 atom stereocenters. The minimum absolute atomic E-state index is 0.0741. The van der Waals surface area contributed by atoms with Crippen LogP contribution in [0.25, 0.3) is 0 Å². The van der Waals surface area contributed by atoms with Gasteiger partial charge in [-0.3, -0.25) is 4.79 Å². The zero-order chi connectivity index (χ0) is 18.8. The summed E-state index contributed by atoms with van der Waals surface area (Å²) in [7, 11) is 0. The van der Waals surface area contributed by atoms with Crippen LogP contribution in [0.1, 0.15) is 67.3 Å². The molecule has 0 spiro atoms. The fraction of sp³-hybridized carbons (Fsp3) is 0.750. The largest absolute Gasteiger partial charge is 0.377 e. The lowest BCUT2D eigenvalue weighted by Crippen LogP contribution is -2.43. The molecule has 0 radical (unpaired) electrons. The van der Waals surface area contributed by atoms with E-state index in [1.165, 1.54) is 12.8 Å². The van der Waals surface area contributed by atoms with Gasteiger partial charge in [-0.2, -0.15) is 0 Å². The topological polar surface area (TPSA) is 79.4 Å². The van der Waals surface area contributed by atoms with Crippen molar-refractivity contribution in [2.24, 2.45) is 0 Å². The van der Waals surface area contributed by atoms with E-state index in [0.717, 1.165) is 62.7 Å². The summed E-state index contributed by atoms with van der Waals surface area (Å²) in [6.45, 7) is 8.95. The maximum Gasteiger partial charge on any atom is 0.270 e. The summed E-state index contributed by atoms with van der Waals surface area (Å²) in [6.07, 6.45) is 5.80. The van der Waals surface area contributed by atoms with Gasteiger partial charge in [0.1, 0.15) is 17.3 Å². The number of nitrogens with one attached hydrogen (secondary N) is 2. The Kier molecular flexibility index (Phi) is 5.59. The molecule has 0 bridgehead atoms. The zero-order valence-corrected chi connectivity index (χ0v) is 16.5. The lowest BCUT2D eigenvalue weighted by atomic mass is 10.0. The Labute approximate surface area is 161 Å². The Hall–Kier alpha value is -1.73. The average molecular weight is 374 g/mol. The summed E-state index contributed by atoms with van der Waals surface area (Å²) in [5.41, 5.74) is 1.53. The Balaban J connectivity index is 1.42. The summed E-state index contributed by atoms with van der Waals surface area (Å²) in [5, 5.41) is 6.55. The molecule has 0 aliphatic carbocycles. The molecule has 4 rings (SSSR count). The molecular formula is C20H31N5O2. The van der Waals surface area contributed by atoms with Gasteiger partial charge in [-0.25, -0.2) is 9.97 Å². The maximum atomic E-state index is 12.3. The molecule has 2 fully saturated rings. The Morgan fingerprint density at radius 2 is 2.07 bits per heavy atom. The summed E-state index contributed by atoms with van der Waals surface area (Å²) in [4.78, 5) is 24.1. The standard InChI is InChI=1S/C20H31N5O2/c1-13(2)18-23-17-16(5-8-21-20(17)26)19(24-18)22-14-6-9-25(10-7-14)12-15-4-3-11-27-15/h13-15H,3-12H2,1-2H3,(H,21,26)(H,22,23,24). The summed E-state index contributed by atoms with van der Waals surface area (Å²) < 4.78 is 5.77.